The molecule has 0 fully saturated rings. The van der Waals surface area contributed by atoms with Crippen molar-refractivity contribution in [3.05, 3.63) is 11.6 Å². The molecule has 0 aliphatic carbocycles. The fourth-order valence-corrected chi connectivity index (χ4v) is 1.82. The molecule has 13 heavy (non-hydrogen) atoms. The molecular weight excluding hydrogens is 162 g/mol. The molecule has 1 aliphatic rings. The van der Waals surface area contributed by atoms with Crippen LogP contribution in [0.5, 0.6) is 0 Å². The number of aliphatic hydroxyl groups excluding tert-OH is 1. The Morgan fingerprint density at radius 2 is 2.15 bits per heavy atom. The van der Waals surface area contributed by atoms with Gasteiger partial charge in [0.15, 0.2) is 0 Å². The molecule has 0 amide bonds. The van der Waals surface area contributed by atoms with E-state index in [1.807, 2.05) is 6.08 Å². The average Bonchev–Trinajstić information content (AvgIpc) is 2.17. The van der Waals surface area contributed by atoms with Gasteiger partial charge in [-0.25, -0.2) is 0 Å². The first-order valence-corrected chi connectivity index (χ1v) is 5.22. The second-order valence-corrected chi connectivity index (χ2v) is 4.16. The molecule has 1 unspecified atom stereocenters. The monoisotopic (exact) mass is 183 g/mol. The summed E-state index contributed by atoms with van der Waals surface area (Å²) in [7, 11) is 0. The molecule has 0 aromatic heterocycles. The van der Waals surface area contributed by atoms with Gasteiger partial charge in [-0.15, -0.1) is 0 Å². The number of hydrogen-bond acceptors (Lipinski definition) is 2. The van der Waals surface area contributed by atoms with E-state index in [9.17, 15) is 5.11 Å². The summed E-state index contributed by atoms with van der Waals surface area (Å²) in [4.78, 5) is 0. The van der Waals surface area contributed by atoms with Crippen LogP contribution in [0.25, 0.3) is 0 Å². The molecule has 2 heteroatoms. The first-order chi connectivity index (χ1) is 6.12. The van der Waals surface area contributed by atoms with Crippen LogP contribution in [0.4, 0.5) is 0 Å². The summed E-state index contributed by atoms with van der Waals surface area (Å²) >= 11 is 0. The molecule has 2 N–H and O–H groups in total. The smallest absolute Gasteiger partial charge is 0.0848 e. The minimum Gasteiger partial charge on any atom is -0.388 e. The molecule has 0 aromatic rings. The molecule has 1 rings (SSSR count). The van der Waals surface area contributed by atoms with Gasteiger partial charge in [0.1, 0.15) is 0 Å². The predicted octanol–water partition coefficient (Wildman–Crippen LogP) is 1.70. The van der Waals surface area contributed by atoms with Crippen molar-refractivity contribution in [2.24, 2.45) is 5.41 Å². The first kappa shape index (κ1) is 10.7. The highest BCUT2D eigenvalue weighted by molar-refractivity contribution is 5.19. The lowest BCUT2D eigenvalue weighted by atomic mass is 9.76. The molecule has 0 bridgehead atoms. The molecule has 1 heterocycles. The molecular formula is C11H21NO. The van der Waals surface area contributed by atoms with E-state index in [2.05, 4.69) is 26.1 Å². The Morgan fingerprint density at radius 1 is 1.54 bits per heavy atom. The topological polar surface area (TPSA) is 32.3 Å². The highest BCUT2D eigenvalue weighted by Crippen LogP contribution is 2.34. The first-order valence-electron chi connectivity index (χ1n) is 5.22. The molecule has 76 valence electrons. The Balaban J connectivity index is 2.79. The van der Waals surface area contributed by atoms with Crippen molar-refractivity contribution >= 4 is 0 Å². The lowest BCUT2D eigenvalue weighted by Gasteiger charge is -2.33. The van der Waals surface area contributed by atoms with Crippen LogP contribution in [0.2, 0.25) is 0 Å². The SMILES string of the molecule is CCC(C)(CC)C1=CC(O)CNC1. The van der Waals surface area contributed by atoms with Gasteiger partial charge in [0.2, 0.25) is 0 Å². The van der Waals surface area contributed by atoms with Gasteiger partial charge >= 0.3 is 0 Å². The summed E-state index contributed by atoms with van der Waals surface area (Å²) in [6, 6.07) is 0. The Morgan fingerprint density at radius 3 is 2.62 bits per heavy atom. The summed E-state index contributed by atoms with van der Waals surface area (Å²) in [6.45, 7) is 8.34. The van der Waals surface area contributed by atoms with Gasteiger partial charge in [-0.3, -0.25) is 0 Å². The Kier molecular flexibility index (Phi) is 3.51. The van der Waals surface area contributed by atoms with Crippen molar-refractivity contribution in [2.75, 3.05) is 13.1 Å². The van der Waals surface area contributed by atoms with Crippen molar-refractivity contribution in [3.63, 3.8) is 0 Å². The highest BCUT2D eigenvalue weighted by Gasteiger charge is 2.26. The number of aliphatic hydroxyl groups is 1. The van der Waals surface area contributed by atoms with Gasteiger partial charge in [0, 0.05) is 13.1 Å². The van der Waals surface area contributed by atoms with Gasteiger partial charge in [-0.2, -0.15) is 0 Å². The summed E-state index contributed by atoms with van der Waals surface area (Å²) in [5.41, 5.74) is 1.64. The summed E-state index contributed by atoms with van der Waals surface area (Å²) in [6.07, 6.45) is 4.03. The minimum atomic E-state index is -0.291. The van der Waals surface area contributed by atoms with Gasteiger partial charge in [-0.05, 0) is 18.3 Å². The van der Waals surface area contributed by atoms with E-state index >= 15 is 0 Å². The molecule has 0 spiro atoms. The molecule has 1 atom stereocenters. The third-order valence-electron chi connectivity index (χ3n) is 3.40. The maximum atomic E-state index is 9.50. The van der Waals surface area contributed by atoms with Crippen molar-refractivity contribution in [2.45, 2.75) is 39.7 Å². The van der Waals surface area contributed by atoms with Crippen LogP contribution in [0.1, 0.15) is 33.6 Å². The molecule has 0 aromatic carbocycles. The fraction of sp³-hybridized carbons (Fsp3) is 0.818. The van der Waals surface area contributed by atoms with Crippen LogP contribution in [0, 0.1) is 5.41 Å². The zero-order chi connectivity index (χ0) is 9.90. The van der Waals surface area contributed by atoms with E-state index in [0.29, 0.717) is 6.54 Å². The number of hydrogen-bond donors (Lipinski definition) is 2. The minimum absolute atomic E-state index is 0.272. The van der Waals surface area contributed by atoms with Crippen LogP contribution >= 0.6 is 0 Å². The largest absolute Gasteiger partial charge is 0.388 e. The summed E-state index contributed by atoms with van der Waals surface area (Å²) < 4.78 is 0. The van der Waals surface area contributed by atoms with Crippen LogP contribution in [0.3, 0.4) is 0 Å². The fourth-order valence-electron chi connectivity index (χ4n) is 1.82. The Bertz CT molecular complexity index is 194. The predicted molar refractivity (Wildman–Crippen MR) is 55.6 cm³/mol. The zero-order valence-corrected chi connectivity index (χ0v) is 8.93. The van der Waals surface area contributed by atoms with Gasteiger partial charge in [-0.1, -0.05) is 32.4 Å². The van der Waals surface area contributed by atoms with Gasteiger partial charge in [0.25, 0.3) is 0 Å². The number of rotatable bonds is 3. The van der Waals surface area contributed by atoms with E-state index in [1.165, 1.54) is 5.57 Å². The maximum Gasteiger partial charge on any atom is 0.0848 e. The van der Waals surface area contributed by atoms with E-state index in [-0.39, 0.29) is 11.5 Å². The van der Waals surface area contributed by atoms with Gasteiger partial charge < -0.3 is 10.4 Å². The van der Waals surface area contributed by atoms with E-state index in [4.69, 9.17) is 0 Å². The quantitative estimate of drug-likeness (QED) is 0.653. The number of β-amino-alcohol motifs (C(OH)–C–C–N with tert-alkyl or cyclic N) is 1. The molecule has 0 saturated carbocycles. The second kappa shape index (κ2) is 4.25. The average molecular weight is 183 g/mol. The molecule has 0 saturated heterocycles. The third kappa shape index (κ3) is 2.32. The van der Waals surface area contributed by atoms with E-state index in [0.717, 1.165) is 19.4 Å². The maximum absolute atomic E-state index is 9.50. The van der Waals surface area contributed by atoms with Crippen molar-refractivity contribution < 1.29 is 5.11 Å². The lowest BCUT2D eigenvalue weighted by Crippen LogP contribution is -2.37. The Hall–Kier alpha value is -0.340. The second-order valence-electron chi connectivity index (χ2n) is 4.16. The van der Waals surface area contributed by atoms with E-state index < -0.39 is 0 Å². The molecule has 2 nitrogen and oxygen atoms in total. The van der Waals surface area contributed by atoms with Gasteiger partial charge in [0.05, 0.1) is 6.10 Å². The molecule has 1 aliphatic heterocycles. The highest BCUT2D eigenvalue weighted by atomic mass is 16.3. The zero-order valence-electron chi connectivity index (χ0n) is 8.93. The van der Waals surface area contributed by atoms with Crippen molar-refractivity contribution in [3.8, 4) is 0 Å². The standard InChI is InChI=1S/C11H21NO/c1-4-11(3,5-2)9-6-10(13)8-12-7-9/h6,10,12-13H,4-5,7-8H2,1-3H3. The normalized spacial score (nSPS) is 24.3. The van der Waals surface area contributed by atoms with Crippen LogP contribution in [-0.4, -0.2) is 24.3 Å². The Labute approximate surface area is 81.0 Å². The van der Waals surface area contributed by atoms with Crippen LogP contribution in [0.15, 0.2) is 11.6 Å². The van der Waals surface area contributed by atoms with Crippen LogP contribution in [-0.2, 0) is 0 Å². The van der Waals surface area contributed by atoms with Crippen LogP contribution < -0.4 is 5.32 Å². The van der Waals surface area contributed by atoms with Crippen molar-refractivity contribution in [1.29, 1.82) is 0 Å². The lowest BCUT2D eigenvalue weighted by molar-refractivity contribution is 0.204. The van der Waals surface area contributed by atoms with E-state index in [1.54, 1.807) is 0 Å². The molecule has 0 radical (unpaired) electrons. The summed E-state index contributed by atoms with van der Waals surface area (Å²) in [5, 5.41) is 12.7. The van der Waals surface area contributed by atoms with Crippen molar-refractivity contribution in [1.82, 2.24) is 5.32 Å². The third-order valence-corrected chi connectivity index (χ3v) is 3.40. The number of nitrogens with one attached hydrogen (secondary N) is 1. The summed E-state index contributed by atoms with van der Waals surface area (Å²) in [5.74, 6) is 0.